The van der Waals surface area contributed by atoms with Crippen LogP contribution in [0, 0.1) is 11.8 Å². The van der Waals surface area contributed by atoms with E-state index in [9.17, 15) is 4.79 Å². The number of carbonyl (C=O) groups excluding carboxylic acids is 1. The van der Waals surface area contributed by atoms with Crippen LogP contribution in [0.5, 0.6) is 0 Å². The summed E-state index contributed by atoms with van der Waals surface area (Å²) in [4.78, 5) is 15.4. The van der Waals surface area contributed by atoms with Crippen molar-refractivity contribution in [3.8, 4) is 0 Å². The summed E-state index contributed by atoms with van der Waals surface area (Å²) in [5.74, 6) is 1.65. The van der Waals surface area contributed by atoms with Crippen molar-refractivity contribution in [2.75, 3.05) is 0 Å². The van der Waals surface area contributed by atoms with Gasteiger partial charge < -0.3 is 0 Å². The van der Waals surface area contributed by atoms with Gasteiger partial charge in [-0.3, -0.25) is 9.78 Å². The van der Waals surface area contributed by atoms with Gasteiger partial charge in [0.2, 0.25) is 0 Å². The summed E-state index contributed by atoms with van der Waals surface area (Å²) in [6.07, 6.45) is 7.29. The minimum atomic E-state index is 0.437. The number of aromatic nitrogens is 1. The lowest BCUT2D eigenvalue weighted by Crippen LogP contribution is -2.24. The molecule has 0 N–H and O–H groups in total. The SMILES string of the molecule is CC1CCC(=O)CC1Cc1ccncc1. The van der Waals surface area contributed by atoms with Crippen LogP contribution in [-0.2, 0) is 11.2 Å². The van der Waals surface area contributed by atoms with Crippen LogP contribution in [-0.4, -0.2) is 10.8 Å². The maximum absolute atomic E-state index is 11.4. The molecule has 0 amide bonds. The number of ketones is 1. The molecule has 1 fully saturated rings. The molecule has 1 aliphatic rings. The van der Waals surface area contributed by atoms with Crippen LogP contribution in [0.1, 0.15) is 31.7 Å². The molecule has 0 saturated heterocycles. The van der Waals surface area contributed by atoms with Gasteiger partial charge in [-0.15, -0.1) is 0 Å². The number of hydrogen-bond acceptors (Lipinski definition) is 2. The monoisotopic (exact) mass is 203 g/mol. The van der Waals surface area contributed by atoms with E-state index in [1.807, 2.05) is 24.5 Å². The van der Waals surface area contributed by atoms with Gasteiger partial charge in [0.05, 0.1) is 0 Å². The van der Waals surface area contributed by atoms with Crippen molar-refractivity contribution >= 4 is 5.78 Å². The Hall–Kier alpha value is -1.18. The number of pyridine rings is 1. The number of carbonyl (C=O) groups is 1. The average Bonchev–Trinajstić information content (AvgIpc) is 2.25. The van der Waals surface area contributed by atoms with Crippen molar-refractivity contribution in [2.45, 2.75) is 32.6 Å². The molecule has 15 heavy (non-hydrogen) atoms. The highest BCUT2D eigenvalue weighted by Crippen LogP contribution is 2.30. The Kier molecular flexibility index (Phi) is 3.14. The molecule has 2 nitrogen and oxygen atoms in total. The second-order valence-corrected chi connectivity index (χ2v) is 4.58. The molecular formula is C13H17NO. The van der Waals surface area contributed by atoms with Crippen molar-refractivity contribution in [3.63, 3.8) is 0 Å². The van der Waals surface area contributed by atoms with Crippen molar-refractivity contribution in [2.24, 2.45) is 11.8 Å². The molecule has 2 unspecified atom stereocenters. The summed E-state index contributed by atoms with van der Waals surface area (Å²) in [5.41, 5.74) is 1.30. The normalized spacial score (nSPS) is 26.6. The zero-order valence-corrected chi connectivity index (χ0v) is 9.15. The second kappa shape index (κ2) is 4.56. The molecule has 0 radical (unpaired) electrons. The van der Waals surface area contributed by atoms with Crippen molar-refractivity contribution in [1.29, 1.82) is 0 Å². The lowest BCUT2D eigenvalue weighted by atomic mass is 9.77. The van der Waals surface area contributed by atoms with E-state index in [1.54, 1.807) is 0 Å². The molecule has 1 aliphatic carbocycles. The Bertz CT molecular complexity index is 334. The van der Waals surface area contributed by atoms with E-state index in [0.29, 0.717) is 17.6 Å². The summed E-state index contributed by atoms with van der Waals surface area (Å²) in [7, 11) is 0. The van der Waals surface area contributed by atoms with Gasteiger partial charge in [-0.2, -0.15) is 0 Å². The summed E-state index contributed by atoms with van der Waals surface area (Å²) < 4.78 is 0. The van der Waals surface area contributed by atoms with Crippen molar-refractivity contribution in [1.82, 2.24) is 4.98 Å². The van der Waals surface area contributed by atoms with E-state index < -0.39 is 0 Å². The predicted molar refractivity (Wildman–Crippen MR) is 59.5 cm³/mol. The third kappa shape index (κ3) is 2.65. The van der Waals surface area contributed by atoms with E-state index in [0.717, 1.165) is 25.7 Å². The van der Waals surface area contributed by atoms with Gasteiger partial charge >= 0.3 is 0 Å². The molecule has 80 valence electrons. The first-order valence-electron chi connectivity index (χ1n) is 5.66. The van der Waals surface area contributed by atoms with E-state index in [4.69, 9.17) is 0 Å². The highest BCUT2D eigenvalue weighted by molar-refractivity contribution is 5.79. The van der Waals surface area contributed by atoms with Gasteiger partial charge in [0.1, 0.15) is 5.78 Å². The Morgan fingerprint density at radius 1 is 1.40 bits per heavy atom. The summed E-state index contributed by atoms with van der Waals surface area (Å²) in [6.45, 7) is 2.26. The standard InChI is InChI=1S/C13H17NO/c1-10-2-3-13(15)9-12(10)8-11-4-6-14-7-5-11/h4-7,10,12H,2-3,8-9H2,1H3. The fourth-order valence-electron chi connectivity index (χ4n) is 2.32. The molecule has 0 spiro atoms. The number of hydrogen-bond donors (Lipinski definition) is 0. The van der Waals surface area contributed by atoms with Gasteiger partial charge in [-0.25, -0.2) is 0 Å². The van der Waals surface area contributed by atoms with Crippen LogP contribution in [0.15, 0.2) is 24.5 Å². The minimum Gasteiger partial charge on any atom is -0.300 e. The second-order valence-electron chi connectivity index (χ2n) is 4.58. The molecule has 0 aromatic carbocycles. The first-order valence-corrected chi connectivity index (χ1v) is 5.66. The van der Waals surface area contributed by atoms with Crippen LogP contribution in [0.3, 0.4) is 0 Å². The van der Waals surface area contributed by atoms with Gasteiger partial charge in [0.15, 0.2) is 0 Å². The van der Waals surface area contributed by atoms with E-state index in [2.05, 4.69) is 11.9 Å². The smallest absolute Gasteiger partial charge is 0.133 e. The molecule has 0 aliphatic heterocycles. The predicted octanol–water partition coefficient (Wildman–Crippen LogP) is 2.63. The Morgan fingerprint density at radius 2 is 2.13 bits per heavy atom. The number of rotatable bonds is 2. The quantitative estimate of drug-likeness (QED) is 0.739. The Balaban J connectivity index is 2.01. The van der Waals surface area contributed by atoms with Crippen LogP contribution < -0.4 is 0 Å². The largest absolute Gasteiger partial charge is 0.300 e. The minimum absolute atomic E-state index is 0.437. The number of Topliss-reactive ketones (excluding diaryl/α,β-unsaturated/α-hetero) is 1. The lowest BCUT2D eigenvalue weighted by Gasteiger charge is -2.27. The fraction of sp³-hybridized carbons (Fsp3) is 0.538. The molecule has 2 rings (SSSR count). The van der Waals surface area contributed by atoms with Crippen LogP contribution in [0.25, 0.3) is 0 Å². The molecule has 2 atom stereocenters. The molecule has 2 heteroatoms. The molecule has 0 bridgehead atoms. The first kappa shape index (κ1) is 10.3. The van der Waals surface area contributed by atoms with Crippen molar-refractivity contribution in [3.05, 3.63) is 30.1 Å². The maximum atomic E-state index is 11.4. The van der Waals surface area contributed by atoms with E-state index in [1.165, 1.54) is 5.56 Å². The highest BCUT2D eigenvalue weighted by atomic mass is 16.1. The van der Waals surface area contributed by atoms with Crippen LogP contribution in [0.4, 0.5) is 0 Å². The third-order valence-corrected chi connectivity index (χ3v) is 3.42. The topological polar surface area (TPSA) is 30.0 Å². The van der Waals surface area contributed by atoms with Gasteiger partial charge in [-0.1, -0.05) is 6.92 Å². The number of nitrogens with zero attached hydrogens (tertiary/aromatic N) is 1. The highest BCUT2D eigenvalue weighted by Gasteiger charge is 2.25. The molecular weight excluding hydrogens is 186 g/mol. The van der Waals surface area contributed by atoms with Crippen LogP contribution >= 0.6 is 0 Å². The fourth-order valence-corrected chi connectivity index (χ4v) is 2.32. The van der Waals surface area contributed by atoms with E-state index >= 15 is 0 Å². The third-order valence-electron chi connectivity index (χ3n) is 3.42. The molecule has 1 aromatic rings. The molecule has 1 saturated carbocycles. The molecule has 1 aromatic heterocycles. The Morgan fingerprint density at radius 3 is 2.87 bits per heavy atom. The first-order chi connectivity index (χ1) is 7.25. The summed E-state index contributed by atoms with van der Waals surface area (Å²) >= 11 is 0. The zero-order valence-electron chi connectivity index (χ0n) is 9.15. The summed E-state index contributed by atoms with van der Waals surface area (Å²) in [6, 6.07) is 4.09. The maximum Gasteiger partial charge on any atom is 0.133 e. The molecule has 1 heterocycles. The average molecular weight is 203 g/mol. The zero-order chi connectivity index (χ0) is 10.7. The summed E-state index contributed by atoms with van der Waals surface area (Å²) in [5, 5.41) is 0. The van der Waals surface area contributed by atoms with E-state index in [-0.39, 0.29) is 0 Å². The van der Waals surface area contributed by atoms with Crippen molar-refractivity contribution < 1.29 is 4.79 Å². The van der Waals surface area contributed by atoms with Gasteiger partial charge in [0.25, 0.3) is 0 Å². The van der Waals surface area contributed by atoms with Gasteiger partial charge in [0, 0.05) is 25.2 Å². The van der Waals surface area contributed by atoms with Crippen LogP contribution in [0.2, 0.25) is 0 Å². The Labute approximate surface area is 90.7 Å². The van der Waals surface area contributed by atoms with Gasteiger partial charge in [-0.05, 0) is 42.4 Å². The lowest BCUT2D eigenvalue weighted by molar-refractivity contribution is -0.122.